The molecule has 7 heteroatoms. The summed E-state index contributed by atoms with van der Waals surface area (Å²) in [5.41, 5.74) is 6.43. The normalized spacial score (nSPS) is 21.0. The van der Waals surface area contributed by atoms with Gasteiger partial charge in [0.05, 0.1) is 6.04 Å². The number of carbonyl (C=O) groups excluding carboxylic acids is 1. The van der Waals surface area contributed by atoms with Crippen molar-refractivity contribution in [3.05, 3.63) is 34.9 Å². The van der Waals surface area contributed by atoms with Gasteiger partial charge in [-0.3, -0.25) is 0 Å². The number of benzene rings is 1. The van der Waals surface area contributed by atoms with Crippen LogP contribution in [0.25, 0.3) is 0 Å². The molecule has 0 radical (unpaired) electrons. The maximum Gasteiger partial charge on any atom is 0.410 e. The molecule has 1 heterocycles. The van der Waals surface area contributed by atoms with E-state index in [0.717, 1.165) is 24.8 Å². The summed E-state index contributed by atoms with van der Waals surface area (Å²) in [6.07, 6.45) is 2.36. The van der Waals surface area contributed by atoms with Crippen LogP contribution < -0.4 is 4.72 Å². The van der Waals surface area contributed by atoms with Gasteiger partial charge >= 0.3 is 6.09 Å². The van der Waals surface area contributed by atoms with Crippen LogP contribution in [0.4, 0.5) is 4.79 Å². The molecule has 1 aliphatic carbocycles. The number of amides is 1. The second-order valence-corrected chi connectivity index (χ2v) is 19.6. The van der Waals surface area contributed by atoms with Crippen LogP contribution >= 0.6 is 0 Å². The van der Waals surface area contributed by atoms with Crippen LogP contribution in [0.1, 0.15) is 77.1 Å². The van der Waals surface area contributed by atoms with Gasteiger partial charge in [-0.15, -0.1) is 10.3 Å². The molecule has 2 aliphatic rings. The first-order valence-electron chi connectivity index (χ1n) is 12.3. The van der Waals surface area contributed by atoms with Crippen LogP contribution in [-0.4, -0.2) is 47.1 Å². The summed E-state index contributed by atoms with van der Waals surface area (Å²) in [5, 5.41) is 0. The van der Waals surface area contributed by atoms with Crippen LogP contribution in [0, 0.1) is 16.9 Å². The minimum Gasteiger partial charge on any atom is -0.598 e. The summed E-state index contributed by atoms with van der Waals surface area (Å²) < 4.78 is 22.0. The molecule has 1 unspecified atom stereocenters. The number of carbonyl (C=O) groups is 1. The summed E-state index contributed by atoms with van der Waals surface area (Å²) in [6.45, 7) is 19.7. The van der Waals surface area contributed by atoms with Crippen LogP contribution in [0.2, 0.25) is 19.6 Å². The van der Waals surface area contributed by atoms with Gasteiger partial charge in [0.2, 0.25) is 0 Å². The van der Waals surface area contributed by atoms with E-state index in [9.17, 15) is 9.35 Å². The zero-order valence-corrected chi connectivity index (χ0v) is 24.2. The largest absolute Gasteiger partial charge is 0.598 e. The Morgan fingerprint density at radius 3 is 2.32 bits per heavy atom. The lowest BCUT2D eigenvalue weighted by atomic mass is 9.73. The van der Waals surface area contributed by atoms with Gasteiger partial charge in [0.15, 0.2) is 0 Å². The van der Waals surface area contributed by atoms with Gasteiger partial charge in [0, 0.05) is 35.4 Å². The third-order valence-corrected chi connectivity index (χ3v) is 8.82. The highest BCUT2D eigenvalue weighted by molar-refractivity contribution is 7.90. The Morgan fingerprint density at radius 2 is 1.79 bits per heavy atom. The minimum atomic E-state index is -1.48. The van der Waals surface area contributed by atoms with Gasteiger partial charge < -0.3 is 14.2 Å². The number of rotatable bonds is 2. The SMILES string of the molecule is CC(C)(C)OC(=O)N1CCC2(CC1)Cc1ccc(C#C[Si](C)(C)C)cc1[C@H]2N[S+]([O-])C(C)(C)C. The fourth-order valence-corrected chi connectivity index (χ4v) is 6.04. The first-order valence-corrected chi connectivity index (χ1v) is 17.0. The quantitative estimate of drug-likeness (QED) is 0.326. The molecular weight excluding hydrogens is 460 g/mol. The molecule has 0 aromatic heterocycles. The molecule has 0 bridgehead atoms. The smallest absolute Gasteiger partial charge is 0.410 e. The molecule has 1 saturated heterocycles. The first-order chi connectivity index (χ1) is 15.5. The van der Waals surface area contributed by atoms with Crippen molar-refractivity contribution in [1.82, 2.24) is 9.62 Å². The lowest BCUT2D eigenvalue weighted by molar-refractivity contribution is 0.00716. The van der Waals surface area contributed by atoms with E-state index in [4.69, 9.17) is 4.74 Å². The van der Waals surface area contributed by atoms with Crippen molar-refractivity contribution < 1.29 is 14.1 Å². The number of nitrogens with zero attached hydrogens (tertiary/aromatic N) is 1. The number of piperidine rings is 1. The lowest BCUT2D eigenvalue weighted by Crippen LogP contribution is -2.51. The standard InChI is InChI=1S/C27H42N2O3SSi/c1-25(2,3)32-24(30)29-15-13-27(14-16-29)19-21-11-10-20(12-17-34(7,8)9)18-22(21)23(27)28-33(31)26(4,5)6/h10-11,18,23,28H,13-16,19H2,1-9H3/t23-,33?/m1/s1. The molecule has 2 atom stereocenters. The van der Waals surface area contributed by atoms with Crippen molar-refractivity contribution in [1.29, 1.82) is 0 Å². The number of nitrogens with one attached hydrogen (secondary N) is 1. The Kier molecular flexibility index (Phi) is 7.61. The third-order valence-electron chi connectivity index (χ3n) is 6.39. The zero-order chi connectivity index (χ0) is 25.5. The Bertz CT molecular complexity index is 971. The van der Waals surface area contributed by atoms with Crippen molar-refractivity contribution in [2.75, 3.05) is 13.1 Å². The monoisotopic (exact) mass is 502 g/mol. The van der Waals surface area contributed by atoms with Crippen molar-refractivity contribution in [2.24, 2.45) is 5.41 Å². The molecule has 3 rings (SSSR count). The molecule has 1 aromatic rings. The molecule has 1 aliphatic heterocycles. The van der Waals surface area contributed by atoms with Gasteiger partial charge in [0.1, 0.15) is 18.4 Å². The molecule has 34 heavy (non-hydrogen) atoms. The third kappa shape index (κ3) is 6.60. The van der Waals surface area contributed by atoms with Gasteiger partial charge in [-0.1, -0.05) is 31.6 Å². The Morgan fingerprint density at radius 1 is 1.18 bits per heavy atom. The number of ether oxygens (including phenoxy) is 1. The Hall–Kier alpha value is -1.46. The van der Waals surface area contributed by atoms with Gasteiger partial charge in [-0.2, -0.15) is 0 Å². The highest BCUT2D eigenvalue weighted by atomic mass is 32.2. The van der Waals surface area contributed by atoms with E-state index in [0.29, 0.717) is 13.1 Å². The highest BCUT2D eigenvalue weighted by Crippen LogP contribution is 2.53. The van der Waals surface area contributed by atoms with Crippen molar-refractivity contribution in [3.8, 4) is 11.5 Å². The van der Waals surface area contributed by atoms with E-state index in [2.05, 4.69) is 54.0 Å². The number of hydrogen-bond acceptors (Lipinski definition) is 4. The van der Waals surface area contributed by atoms with E-state index >= 15 is 0 Å². The van der Waals surface area contributed by atoms with Crippen molar-refractivity contribution in [2.45, 2.75) is 96.8 Å². The summed E-state index contributed by atoms with van der Waals surface area (Å²) in [4.78, 5) is 14.5. The number of likely N-dealkylation sites (tertiary alicyclic amines) is 1. The van der Waals surface area contributed by atoms with E-state index in [1.807, 2.05) is 46.4 Å². The molecule has 5 nitrogen and oxygen atoms in total. The molecule has 188 valence electrons. The van der Waals surface area contributed by atoms with Crippen molar-refractivity contribution in [3.63, 3.8) is 0 Å². The van der Waals surface area contributed by atoms with Gasteiger partial charge in [0.25, 0.3) is 0 Å². The van der Waals surface area contributed by atoms with Crippen LogP contribution in [0.5, 0.6) is 0 Å². The highest BCUT2D eigenvalue weighted by Gasteiger charge is 2.51. The second-order valence-electron chi connectivity index (χ2n) is 12.9. The van der Waals surface area contributed by atoms with Crippen molar-refractivity contribution >= 4 is 25.5 Å². The summed E-state index contributed by atoms with van der Waals surface area (Å²) >= 11 is -1.20. The molecule has 1 amide bonds. The maximum absolute atomic E-state index is 13.2. The Labute approximate surface area is 210 Å². The fourth-order valence-electron chi connectivity index (χ4n) is 4.57. The number of hydrogen-bond donors (Lipinski definition) is 1. The molecule has 0 saturated carbocycles. The maximum atomic E-state index is 13.2. The molecule has 1 spiro atoms. The van der Waals surface area contributed by atoms with E-state index < -0.39 is 25.0 Å². The van der Waals surface area contributed by atoms with E-state index in [1.165, 1.54) is 11.1 Å². The average Bonchev–Trinajstić information content (AvgIpc) is 2.96. The average molecular weight is 503 g/mol. The Balaban J connectivity index is 1.89. The predicted molar refractivity (Wildman–Crippen MR) is 144 cm³/mol. The van der Waals surface area contributed by atoms with Crippen LogP contribution in [-0.2, 0) is 22.5 Å². The van der Waals surface area contributed by atoms with Crippen LogP contribution in [0.15, 0.2) is 18.2 Å². The second kappa shape index (κ2) is 9.53. The molecule has 1 N–H and O–H groups in total. The summed E-state index contributed by atoms with van der Waals surface area (Å²) in [5.74, 6) is 3.39. The van der Waals surface area contributed by atoms with Crippen LogP contribution in [0.3, 0.4) is 0 Å². The molecule has 1 aromatic carbocycles. The summed E-state index contributed by atoms with van der Waals surface area (Å²) in [6, 6.07) is 6.50. The topological polar surface area (TPSA) is 64.6 Å². The fraction of sp³-hybridized carbons (Fsp3) is 0.667. The minimum absolute atomic E-state index is 0.0306. The number of fused-ring (bicyclic) bond motifs is 1. The lowest BCUT2D eigenvalue weighted by Gasteiger charge is -2.43. The molecular formula is C27H42N2O3SSi. The zero-order valence-electron chi connectivity index (χ0n) is 22.4. The van der Waals surface area contributed by atoms with E-state index in [1.54, 1.807) is 0 Å². The summed E-state index contributed by atoms with van der Waals surface area (Å²) in [7, 11) is -1.48. The first kappa shape index (κ1) is 27.1. The predicted octanol–water partition coefficient (Wildman–Crippen LogP) is 5.58. The van der Waals surface area contributed by atoms with E-state index in [-0.39, 0.29) is 22.3 Å². The molecule has 1 fully saturated rings. The van der Waals surface area contributed by atoms with Gasteiger partial charge in [-0.25, -0.2) is 4.79 Å². The van der Waals surface area contributed by atoms with Gasteiger partial charge in [-0.05, 0) is 84.1 Å².